The van der Waals surface area contributed by atoms with E-state index >= 15 is 0 Å². The average Bonchev–Trinajstić information content (AvgIpc) is 2.69. The highest BCUT2D eigenvalue weighted by Gasteiger charge is 2.23. The highest BCUT2D eigenvalue weighted by molar-refractivity contribution is 5.96. The standard InChI is InChI=1S/C23H29N3O2/c1-15-8-6-9-16(2)22(15)26-21(27)14-24-23(28)17(3)25-20-13-7-11-18-10-4-5-12-19(18)20/h4-6,8-10,12,17,20,25H,7,11,13-14H2,1-3H3,(H,24,28)(H,26,27)/t17-,20-/m0/s1. The molecule has 2 aromatic carbocycles. The summed E-state index contributed by atoms with van der Waals surface area (Å²) >= 11 is 0. The number of hydrogen-bond acceptors (Lipinski definition) is 3. The van der Waals surface area contributed by atoms with Gasteiger partial charge in [0.1, 0.15) is 0 Å². The van der Waals surface area contributed by atoms with Crippen LogP contribution in [0.4, 0.5) is 5.69 Å². The van der Waals surface area contributed by atoms with Crippen LogP contribution in [-0.4, -0.2) is 24.4 Å². The third-order valence-electron chi connectivity index (χ3n) is 5.38. The highest BCUT2D eigenvalue weighted by atomic mass is 16.2. The van der Waals surface area contributed by atoms with Crippen LogP contribution in [0, 0.1) is 13.8 Å². The number of anilines is 1. The lowest BCUT2D eigenvalue weighted by Gasteiger charge is -2.28. The van der Waals surface area contributed by atoms with Gasteiger partial charge < -0.3 is 10.6 Å². The van der Waals surface area contributed by atoms with Crippen LogP contribution in [0.25, 0.3) is 0 Å². The molecule has 3 N–H and O–H groups in total. The number of carbonyl (C=O) groups is 2. The second-order valence-electron chi connectivity index (χ2n) is 7.56. The minimum Gasteiger partial charge on any atom is -0.346 e. The Morgan fingerprint density at radius 2 is 1.79 bits per heavy atom. The average molecular weight is 380 g/mol. The van der Waals surface area contributed by atoms with Crippen molar-refractivity contribution < 1.29 is 9.59 Å². The maximum absolute atomic E-state index is 12.5. The lowest BCUT2D eigenvalue weighted by atomic mass is 9.87. The van der Waals surface area contributed by atoms with Gasteiger partial charge in [0, 0.05) is 11.7 Å². The van der Waals surface area contributed by atoms with Gasteiger partial charge in [-0.3, -0.25) is 14.9 Å². The molecule has 0 aromatic heterocycles. The molecule has 0 radical (unpaired) electrons. The summed E-state index contributed by atoms with van der Waals surface area (Å²) in [6, 6.07) is 14.1. The molecule has 0 heterocycles. The van der Waals surface area contributed by atoms with Crippen molar-refractivity contribution >= 4 is 17.5 Å². The SMILES string of the molecule is Cc1cccc(C)c1NC(=O)CNC(=O)[C@H](C)N[C@H]1CCCc2ccccc21. The predicted octanol–water partition coefficient (Wildman–Crippen LogP) is 3.41. The fourth-order valence-electron chi connectivity index (χ4n) is 3.82. The number of amides is 2. The number of benzene rings is 2. The largest absolute Gasteiger partial charge is 0.346 e. The Hall–Kier alpha value is -2.66. The third kappa shape index (κ3) is 4.78. The van der Waals surface area contributed by atoms with Crippen molar-refractivity contribution in [3.8, 4) is 0 Å². The molecule has 28 heavy (non-hydrogen) atoms. The Balaban J connectivity index is 1.52. The molecular weight excluding hydrogens is 350 g/mol. The van der Waals surface area contributed by atoms with Gasteiger partial charge in [-0.1, -0.05) is 42.5 Å². The number of hydrogen-bond donors (Lipinski definition) is 3. The number of fused-ring (bicyclic) bond motifs is 1. The molecule has 0 aliphatic heterocycles. The van der Waals surface area contributed by atoms with E-state index in [9.17, 15) is 9.59 Å². The van der Waals surface area contributed by atoms with Gasteiger partial charge in [0.25, 0.3) is 0 Å². The second kappa shape index (κ2) is 9.02. The fraction of sp³-hybridized carbons (Fsp3) is 0.391. The van der Waals surface area contributed by atoms with Gasteiger partial charge in [-0.2, -0.15) is 0 Å². The zero-order valence-corrected chi connectivity index (χ0v) is 16.8. The van der Waals surface area contributed by atoms with E-state index < -0.39 is 0 Å². The molecule has 1 aliphatic rings. The van der Waals surface area contributed by atoms with Crippen LogP contribution in [0.2, 0.25) is 0 Å². The monoisotopic (exact) mass is 379 g/mol. The molecule has 0 spiro atoms. The molecule has 0 unspecified atom stereocenters. The summed E-state index contributed by atoms with van der Waals surface area (Å²) < 4.78 is 0. The summed E-state index contributed by atoms with van der Waals surface area (Å²) in [4.78, 5) is 24.7. The Morgan fingerprint density at radius 3 is 2.54 bits per heavy atom. The molecule has 3 rings (SSSR count). The van der Waals surface area contributed by atoms with Gasteiger partial charge in [-0.05, 0) is 62.3 Å². The van der Waals surface area contributed by atoms with E-state index in [0.29, 0.717) is 0 Å². The number of para-hydroxylation sites is 1. The van der Waals surface area contributed by atoms with Crippen molar-refractivity contribution in [1.82, 2.24) is 10.6 Å². The van der Waals surface area contributed by atoms with Gasteiger partial charge in [-0.15, -0.1) is 0 Å². The zero-order chi connectivity index (χ0) is 20.1. The molecule has 0 saturated carbocycles. The first kappa shape index (κ1) is 20.1. The smallest absolute Gasteiger partial charge is 0.243 e. The van der Waals surface area contributed by atoms with Crippen LogP contribution < -0.4 is 16.0 Å². The molecule has 148 valence electrons. The van der Waals surface area contributed by atoms with Crippen molar-refractivity contribution in [2.45, 2.75) is 52.1 Å². The molecule has 2 atom stereocenters. The quantitative estimate of drug-likeness (QED) is 0.720. The van der Waals surface area contributed by atoms with E-state index in [-0.39, 0.29) is 30.4 Å². The highest BCUT2D eigenvalue weighted by Crippen LogP contribution is 2.29. The van der Waals surface area contributed by atoms with Gasteiger partial charge in [-0.25, -0.2) is 0 Å². The predicted molar refractivity (Wildman–Crippen MR) is 112 cm³/mol. The minimum atomic E-state index is -0.371. The summed E-state index contributed by atoms with van der Waals surface area (Å²) in [5.41, 5.74) is 5.45. The summed E-state index contributed by atoms with van der Waals surface area (Å²) in [7, 11) is 0. The first-order valence-corrected chi connectivity index (χ1v) is 9.93. The minimum absolute atomic E-state index is 0.0418. The summed E-state index contributed by atoms with van der Waals surface area (Å²) in [5.74, 6) is -0.388. The first-order valence-electron chi connectivity index (χ1n) is 9.93. The molecule has 2 amide bonds. The van der Waals surface area contributed by atoms with Crippen molar-refractivity contribution in [2.24, 2.45) is 0 Å². The Kier molecular flexibility index (Phi) is 6.47. The summed E-state index contributed by atoms with van der Waals surface area (Å²) in [6.45, 7) is 5.71. The molecule has 0 fully saturated rings. The van der Waals surface area contributed by atoms with Crippen LogP contribution >= 0.6 is 0 Å². The van der Waals surface area contributed by atoms with E-state index in [1.807, 2.05) is 45.0 Å². The van der Waals surface area contributed by atoms with Crippen LogP contribution in [0.5, 0.6) is 0 Å². The molecule has 2 aromatic rings. The van der Waals surface area contributed by atoms with Gasteiger partial charge in [0.05, 0.1) is 12.6 Å². The van der Waals surface area contributed by atoms with Crippen LogP contribution in [0.3, 0.4) is 0 Å². The molecule has 0 saturated heterocycles. The topological polar surface area (TPSA) is 70.2 Å². The van der Waals surface area contributed by atoms with Crippen molar-refractivity contribution in [1.29, 1.82) is 0 Å². The number of aryl methyl sites for hydroxylation is 3. The maximum atomic E-state index is 12.5. The van der Waals surface area contributed by atoms with Crippen LogP contribution in [0.1, 0.15) is 48.1 Å². The van der Waals surface area contributed by atoms with Crippen LogP contribution in [0.15, 0.2) is 42.5 Å². The lowest BCUT2D eigenvalue weighted by molar-refractivity contribution is -0.125. The number of nitrogens with one attached hydrogen (secondary N) is 3. The Labute approximate surface area is 166 Å². The van der Waals surface area contributed by atoms with Crippen molar-refractivity contribution in [3.63, 3.8) is 0 Å². The third-order valence-corrected chi connectivity index (χ3v) is 5.38. The van der Waals surface area contributed by atoms with E-state index in [0.717, 1.165) is 36.1 Å². The van der Waals surface area contributed by atoms with Gasteiger partial charge in [0.2, 0.25) is 11.8 Å². The Bertz CT molecular complexity index is 842. The second-order valence-corrected chi connectivity index (χ2v) is 7.56. The van der Waals surface area contributed by atoms with E-state index in [2.05, 4.69) is 34.1 Å². The van der Waals surface area contributed by atoms with Gasteiger partial charge in [0.15, 0.2) is 0 Å². The van der Waals surface area contributed by atoms with E-state index in [1.165, 1.54) is 11.1 Å². The van der Waals surface area contributed by atoms with E-state index in [4.69, 9.17) is 0 Å². The van der Waals surface area contributed by atoms with Gasteiger partial charge >= 0.3 is 0 Å². The first-order chi connectivity index (χ1) is 13.5. The maximum Gasteiger partial charge on any atom is 0.243 e. The fourth-order valence-corrected chi connectivity index (χ4v) is 3.82. The summed E-state index contributed by atoms with van der Waals surface area (Å²) in [5, 5.41) is 9.06. The molecule has 0 bridgehead atoms. The number of rotatable bonds is 6. The normalized spacial score (nSPS) is 16.8. The molecule has 5 heteroatoms. The lowest BCUT2D eigenvalue weighted by Crippen LogP contribution is -2.46. The molecule has 5 nitrogen and oxygen atoms in total. The number of carbonyl (C=O) groups excluding carboxylic acids is 2. The zero-order valence-electron chi connectivity index (χ0n) is 16.8. The van der Waals surface area contributed by atoms with Crippen molar-refractivity contribution in [3.05, 3.63) is 64.7 Å². The van der Waals surface area contributed by atoms with Crippen molar-refractivity contribution in [2.75, 3.05) is 11.9 Å². The summed E-state index contributed by atoms with van der Waals surface area (Å²) in [6.07, 6.45) is 3.22. The van der Waals surface area contributed by atoms with E-state index in [1.54, 1.807) is 0 Å². The Morgan fingerprint density at radius 1 is 1.07 bits per heavy atom. The molecular formula is C23H29N3O2. The molecule has 1 aliphatic carbocycles. The van der Waals surface area contributed by atoms with Crippen LogP contribution in [-0.2, 0) is 16.0 Å².